The maximum atomic E-state index is 13.7. The molecule has 2 aromatic rings. The van der Waals surface area contributed by atoms with Gasteiger partial charge in [0, 0.05) is 10.0 Å². The Hall–Kier alpha value is -1.39. The van der Waals surface area contributed by atoms with E-state index >= 15 is 0 Å². The normalized spacial score (nSPS) is 10.4. The molecule has 0 aliphatic heterocycles. The van der Waals surface area contributed by atoms with Gasteiger partial charge in [-0.1, -0.05) is 28.1 Å². The van der Waals surface area contributed by atoms with Crippen molar-refractivity contribution in [1.29, 1.82) is 0 Å². The number of para-hydroxylation sites is 1. The van der Waals surface area contributed by atoms with Gasteiger partial charge in [0.1, 0.15) is 5.75 Å². The van der Waals surface area contributed by atoms with Gasteiger partial charge in [0.2, 0.25) is 0 Å². The van der Waals surface area contributed by atoms with Crippen LogP contribution in [0.25, 0.3) is 0 Å². The molecule has 2 aromatic carbocycles. The van der Waals surface area contributed by atoms with E-state index in [1.54, 1.807) is 24.3 Å². The van der Waals surface area contributed by atoms with Crippen molar-refractivity contribution in [1.82, 2.24) is 0 Å². The van der Waals surface area contributed by atoms with Crippen molar-refractivity contribution < 1.29 is 14.2 Å². The van der Waals surface area contributed by atoms with Crippen molar-refractivity contribution in [3.05, 3.63) is 57.8 Å². The van der Waals surface area contributed by atoms with E-state index in [9.17, 15) is 4.39 Å². The Morgan fingerprint density at radius 1 is 1.28 bits per heavy atom. The lowest BCUT2D eigenvalue weighted by molar-refractivity contribution is 0.274. The minimum atomic E-state index is -0.484. The molecule has 18 heavy (non-hydrogen) atoms. The van der Waals surface area contributed by atoms with Crippen LogP contribution in [0.1, 0.15) is 11.1 Å². The Labute approximate surface area is 113 Å². The van der Waals surface area contributed by atoms with Crippen LogP contribution in [0.4, 0.5) is 4.39 Å². The number of aryl methyl sites for hydroxylation is 1. The topological polar surface area (TPSA) is 29.5 Å². The smallest absolute Gasteiger partial charge is 0.168 e. The van der Waals surface area contributed by atoms with Gasteiger partial charge >= 0.3 is 0 Å². The molecule has 4 heteroatoms. The number of hydrogen-bond donors (Lipinski definition) is 1. The quantitative estimate of drug-likeness (QED) is 0.921. The van der Waals surface area contributed by atoms with Crippen LogP contribution in [-0.2, 0) is 6.61 Å². The highest BCUT2D eigenvalue weighted by Crippen LogP contribution is 2.30. The summed E-state index contributed by atoms with van der Waals surface area (Å²) < 4.78 is 20.1. The number of aliphatic hydroxyl groups is 1. The van der Waals surface area contributed by atoms with Gasteiger partial charge in [-0.25, -0.2) is 4.39 Å². The molecule has 0 radical (unpaired) electrons. The fraction of sp³-hybridized carbons (Fsp3) is 0.143. The van der Waals surface area contributed by atoms with Gasteiger partial charge in [-0.2, -0.15) is 0 Å². The van der Waals surface area contributed by atoms with Gasteiger partial charge < -0.3 is 9.84 Å². The Morgan fingerprint density at radius 2 is 2.06 bits per heavy atom. The molecule has 0 amide bonds. The van der Waals surface area contributed by atoms with Crippen molar-refractivity contribution in [2.24, 2.45) is 0 Å². The van der Waals surface area contributed by atoms with Crippen molar-refractivity contribution in [3.63, 3.8) is 0 Å². The Bertz CT molecular complexity index is 570. The van der Waals surface area contributed by atoms with E-state index in [0.29, 0.717) is 11.3 Å². The molecule has 0 bridgehead atoms. The number of rotatable bonds is 3. The van der Waals surface area contributed by atoms with E-state index in [0.717, 1.165) is 10.0 Å². The summed E-state index contributed by atoms with van der Waals surface area (Å²) >= 11 is 3.39. The summed E-state index contributed by atoms with van der Waals surface area (Å²) in [6, 6.07) is 9.86. The standard InChI is InChI=1S/C14H12BrFO2/c1-9-7-11(5-6-12(9)15)18-14-10(8-17)3-2-4-13(14)16/h2-7,17H,8H2,1H3. The second-order valence-corrected chi connectivity index (χ2v) is 4.75. The van der Waals surface area contributed by atoms with Gasteiger partial charge in [-0.05, 0) is 36.8 Å². The fourth-order valence-corrected chi connectivity index (χ4v) is 1.84. The first-order valence-corrected chi connectivity index (χ1v) is 6.23. The van der Waals surface area contributed by atoms with E-state index < -0.39 is 5.82 Å². The van der Waals surface area contributed by atoms with Gasteiger partial charge in [-0.3, -0.25) is 0 Å². The van der Waals surface area contributed by atoms with Crippen LogP contribution in [-0.4, -0.2) is 5.11 Å². The molecule has 0 unspecified atom stereocenters. The van der Waals surface area contributed by atoms with E-state index in [2.05, 4.69) is 15.9 Å². The predicted molar refractivity (Wildman–Crippen MR) is 71.3 cm³/mol. The van der Waals surface area contributed by atoms with E-state index in [4.69, 9.17) is 9.84 Å². The van der Waals surface area contributed by atoms with Crippen molar-refractivity contribution in [2.75, 3.05) is 0 Å². The van der Waals surface area contributed by atoms with Gasteiger partial charge in [0.05, 0.1) is 6.61 Å². The zero-order valence-electron chi connectivity index (χ0n) is 9.78. The number of aliphatic hydroxyl groups excluding tert-OH is 1. The van der Waals surface area contributed by atoms with Crippen LogP contribution in [0.2, 0.25) is 0 Å². The average molecular weight is 311 g/mol. The lowest BCUT2D eigenvalue weighted by atomic mass is 10.2. The van der Waals surface area contributed by atoms with Crippen LogP contribution in [0.15, 0.2) is 40.9 Å². The molecule has 0 saturated heterocycles. The molecule has 0 aliphatic carbocycles. The van der Waals surface area contributed by atoms with E-state index in [1.165, 1.54) is 6.07 Å². The summed E-state index contributed by atoms with van der Waals surface area (Å²) in [5.41, 5.74) is 1.42. The Morgan fingerprint density at radius 3 is 2.72 bits per heavy atom. The third-order valence-corrected chi connectivity index (χ3v) is 3.46. The lowest BCUT2D eigenvalue weighted by Crippen LogP contribution is -1.95. The van der Waals surface area contributed by atoms with Crippen LogP contribution in [0, 0.1) is 12.7 Å². The zero-order chi connectivity index (χ0) is 13.1. The maximum absolute atomic E-state index is 13.7. The zero-order valence-corrected chi connectivity index (χ0v) is 11.4. The second kappa shape index (κ2) is 5.50. The molecule has 94 valence electrons. The molecular formula is C14H12BrFO2. The van der Waals surface area contributed by atoms with E-state index in [1.807, 2.05) is 13.0 Å². The monoisotopic (exact) mass is 310 g/mol. The van der Waals surface area contributed by atoms with Crippen molar-refractivity contribution in [3.8, 4) is 11.5 Å². The molecule has 2 nitrogen and oxygen atoms in total. The summed E-state index contributed by atoms with van der Waals surface area (Å²) in [6.45, 7) is 1.66. The summed E-state index contributed by atoms with van der Waals surface area (Å²) in [5, 5.41) is 9.17. The van der Waals surface area contributed by atoms with Crippen LogP contribution >= 0.6 is 15.9 Å². The highest BCUT2D eigenvalue weighted by Gasteiger charge is 2.10. The summed E-state index contributed by atoms with van der Waals surface area (Å²) in [5.74, 6) is 0.124. The van der Waals surface area contributed by atoms with Crippen LogP contribution in [0.5, 0.6) is 11.5 Å². The first-order chi connectivity index (χ1) is 8.61. The van der Waals surface area contributed by atoms with Crippen molar-refractivity contribution in [2.45, 2.75) is 13.5 Å². The molecule has 0 atom stereocenters. The fourth-order valence-electron chi connectivity index (χ4n) is 1.59. The molecule has 1 N–H and O–H groups in total. The first-order valence-electron chi connectivity index (χ1n) is 5.44. The third-order valence-electron chi connectivity index (χ3n) is 2.57. The minimum absolute atomic E-state index is 0.0710. The van der Waals surface area contributed by atoms with Gasteiger partial charge in [0.25, 0.3) is 0 Å². The van der Waals surface area contributed by atoms with Gasteiger partial charge in [-0.15, -0.1) is 0 Å². The van der Waals surface area contributed by atoms with Crippen molar-refractivity contribution >= 4 is 15.9 Å². The number of ether oxygens (including phenoxy) is 1. The predicted octanol–water partition coefficient (Wildman–Crippen LogP) is 4.18. The summed E-state index contributed by atoms with van der Waals surface area (Å²) in [6.07, 6.45) is 0. The number of halogens is 2. The van der Waals surface area contributed by atoms with E-state index in [-0.39, 0.29) is 12.4 Å². The molecule has 2 rings (SSSR count). The Balaban J connectivity index is 2.36. The van der Waals surface area contributed by atoms with Gasteiger partial charge in [0.15, 0.2) is 11.6 Å². The second-order valence-electron chi connectivity index (χ2n) is 3.90. The number of benzene rings is 2. The Kier molecular flexibility index (Phi) is 3.99. The first kappa shape index (κ1) is 13.1. The largest absolute Gasteiger partial charge is 0.454 e. The molecule has 0 spiro atoms. The molecule has 0 fully saturated rings. The highest BCUT2D eigenvalue weighted by molar-refractivity contribution is 9.10. The number of hydrogen-bond acceptors (Lipinski definition) is 2. The minimum Gasteiger partial charge on any atom is -0.454 e. The summed E-state index contributed by atoms with van der Waals surface area (Å²) in [4.78, 5) is 0. The summed E-state index contributed by atoms with van der Waals surface area (Å²) in [7, 11) is 0. The molecule has 0 saturated carbocycles. The third kappa shape index (κ3) is 2.71. The van der Waals surface area contributed by atoms with Crippen LogP contribution < -0.4 is 4.74 Å². The SMILES string of the molecule is Cc1cc(Oc2c(F)cccc2CO)ccc1Br. The molecule has 0 aromatic heterocycles. The molecular weight excluding hydrogens is 299 g/mol. The maximum Gasteiger partial charge on any atom is 0.168 e. The average Bonchev–Trinajstić information content (AvgIpc) is 2.36. The highest BCUT2D eigenvalue weighted by atomic mass is 79.9. The lowest BCUT2D eigenvalue weighted by Gasteiger charge is -2.11. The molecule has 0 aliphatic rings. The molecule has 0 heterocycles. The van der Waals surface area contributed by atoms with Crippen LogP contribution in [0.3, 0.4) is 0 Å².